The van der Waals surface area contributed by atoms with Crippen molar-refractivity contribution in [2.45, 2.75) is 71.3 Å². The second kappa shape index (κ2) is 8.55. The lowest BCUT2D eigenvalue weighted by molar-refractivity contribution is -0.133. The van der Waals surface area contributed by atoms with E-state index >= 15 is 0 Å². The van der Waals surface area contributed by atoms with Gasteiger partial charge in [-0.05, 0) is 45.4 Å². The summed E-state index contributed by atoms with van der Waals surface area (Å²) in [5, 5.41) is 4.12. The molecule has 150 valence electrons. The molecule has 4 rings (SSSR count). The molecular formula is C21H29N5OS. The minimum Gasteiger partial charge on any atom is -0.334 e. The van der Waals surface area contributed by atoms with Gasteiger partial charge in [-0.25, -0.2) is 15.0 Å². The van der Waals surface area contributed by atoms with Crippen molar-refractivity contribution in [1.29, 1.82) is 0 Å². The summed E-state index contributed by atoms with van der Waals surface area (Å²) in [5.74, 6) is 2.35. The van der Waals surface area contributed by atoms with Crippen molar-refractivity contribution in [3.05, 3.63) is 28.7 Å². The van der Waals surface area contributed by atoms with Crippen molar-refractivity contribution >= 4 is 28.2 Å². The highest BCUT2D eigenvalue weighted by Gasteiger charge is 2.32. The number of amides is 1. The predicted molar refractivity (Wildman–Crippen MR) is 112 cm³/mol. The third-order valence-corrected chi connectivity index (χ3v) is 6.64. The first kappa shape index (κ1) is 19.3. The summed E-state index contributed by atoms with van der Waals surface area (Å²) in [7, 11) is 0. The third-order valence-electron chi connectivity index (χ3n) is 5.82. The van der Waals surface area contributed by atoms with E-state index in [1.54, 1.807) is 11.3 Å². The van der Waals surface area contributed by atoms with Gasteiger partial charge in [-0.1, -0.05) is 19.3 Å². The first-order chi connectivity index (χ1) is 13.6. The van der Waals surface area contributed by atoms with Gasteiger partial charge in [0.15, 0.2) is 5.13 Å². The zero-order valence-corrected chi connectivity index (χ0v) is 17.6. The van der Waals surface area contributed by atoms with Crippen LogP contribution >= 0.6 is 11.3 Å². The maximum absolute atomic E-state index is 13.0. The largest absolute Gasteiger partial charge is 0.334 e. The van der Waals surface area contributed by atoms with Crippen LogP contribution in [-0.2, 0) is 4.79 Å². The topological polar surface area (TPSA) is 71.0 Å². The van der Waals surface area contributed by atoms with Gasteiger partial charge in [0.25, 0.3) is 0 Å². The maximum atomic E-state index is 13.0. The normalized spacial score (nSPS) is 20.5. The minimum atomic E-state index is 0.0661. The number of thiazole rings is 1. The Labute approximate surface area is 170 Å². The Balaban J connectivity index is 1.49. The Hall–Kier alpha value is -2.02. The van der Waals surface area contributed by atoms with Gasteiger partial charge in [-0.15, -0.1) is 11.3 Å². The van der Waals surface area contributed by atoms with E-state index in [0.717, 1.165) is 46.7 Å². The zero-order chi connectivity index (χ0) is 19.5. The number of hydrogen-bond acceptors (Lipinski definition) is 6. The maximum Gasteiger partial charge on any atom is 0.223 e. The number of aryl methyl sites for hydroxylation is 2. The highest BCUT2D eigenvalue weighted by Crippen LogP contribution is 2.35. The fourth-order valence-electron chi connectivity index (χ4n) is 4.48. The molecule has 28 heavy (non-hydrogen) atoms. The number of likely N-dealkylation sites (tertiary alicyclic amines) is 1. The van der Waals surface area contributed by atoms with Crippen LogP contribution in [0.4, 0.5) is 10.9 Å². The summed E-state index contributed by atoms with van der Waals surface area (Å²) < 4.78 is 0. The van der Waals surface area contributed by atoms with E-state index in [1.807, 2.05) is 26.1 Å². The Kier molecular flexibility index (Phi) is 5.90. The number of carbonyl (C=O) groups is 1. The van der Waals surface area contributed by atoms with E-state index in [1.165, 1.54) is 32.1 Å². The smallest absolute Gasteiger partial charge is 0.223 e. The number of anilines is 2. The lowest BCUT2D eigenvalue weighted by atomic mass is 9.86. The zero-order valence-electron chi connectivity index (χ0n) is 16.8. The Bertz CT molecular complexity index is 830. The van der Waals surface area contributed by atoms with Crippen molar-refractivity contribution in [1.82, 2.24) is 19.9 Å². The van der Waals surface area contributed by atoms with Crippen LogP contribution in [-0.4, -0.2) is 32.3 Å². The minimum absolute atomic E-state index is 0.0661. The van der Waals surface area contributed by atoms with Crippen LogP contribution in [0, 0.1) is 19.8 Å². The summed E-state index contributed by atoms with van der Waals surface area (Å²) in [4.78, 5) is 29.8. The Morgan fingerprint density at radius 3 is 2.75 bits per heavy atom. The highest BCUT2D eigenvalue weighted by molar-refractivity contribution is 7.15. The molecule has 2 aliphatic rings. The van der Waals surface area contributed by atoms with E-state index in [9.17, 15) is 4.79 Å². The van der Waals surface area contributed by atoms with Gasteiger partial charge in [0.2, 0.25) is 5.91 Å². The van der Waals surface area contributed by atoms with E-state index in [4.69, 9.17) is 0 Å². The molecule has 2 fully saturated rings. The average Bonchev–Trinajstić information content (AvgIpc) is 3.31. The molecule has 1 N–H and O–H groups in total. The summed E-state index contributed by atoms with van der Waals surface area (Å²) in [6, 6.07) is 2.05. The molecule has 1 amide bonds. The molecule has 0 spiro atoms. The van der Waals surface area contributed by atoms with Gasteiger partial charge in [-0.3, -0.25) is 4.79 Å². The van der Waals surface area contributed by atoms with E-state index < -0.39 is 0 Å². The van der Waals surface area contributed by atoms with E-state index in [0.29, 0.717) is 18.2 Å². The summed E-state index contributed by atoms with van der Waals surface area (Å²) >= 11 is 1.60. The number of nitrogens with one attached hydrogen (secondary N) is 1. The van der Waals surface area contributed by atoms with Crippen molar-refractivity contribution in [3.8, 4) is 0 Å². The average molecular weight is 400 g/mol. The summed E-state index contributed by atoms with van der Waals surface area (Å²) in [6.45, 7) is 4.78. The van der Waals surface area contributed by atoms with Gasteiger partial charge in [0.05, 0.1) is 11.7 Å². The molecule has 1 saturated heterocycles. The second-order valence-electron chi connectivity index (χ2n) is 8.08. The van der Waals surface area contributed by atoms with Gasteiger partial charge < -0.3 is 10.2 Å². The van der Waals surface area contributed by atoms with E-state index in [-0.39, 0.29) is 6.04 Å². The Morgan fingerprint density at radius 1 is 1.18 bits per heavy atom. The van der Waals surface area contributed by atoms with Gasteiger partial charge in [-0.2, -0.15) is 0 Å². The van der Waals surface area contributed by atoms with Crippen molar-refractivity contribution in [2.75, 3.05) is 11.9 Å². The third kappa shape index (κ3) is 4.51. The standard InChI is InChI=1S/C21H29N5OS/c1-14-13-22-21(28-14)25-19-12-17(23-15(2)24-19)18-9-6-10-26(18)20(27)11-16-7-4-3-5-8-16/h12-13,16,18H,3-11H2,1-2H3,(H,22,23,24,25)/t18-/m1/s1. The quantitative estimate of drug-likeness (QED) is 0.772. The fourth-order valence-corrected chi connectivity index (χ4v) is 5.15. The first-order valence-electron chi connectivity index (χ1n) is 10.4. The van der Waals surface area contributed by atoms with Crippen LogP contribution in [0.3, 0.4) is 0 Å². The molecular weight excluding hydrogens is 370 g/mol. The molecule has 0 radical (unpaired) electrons. The number of aromatic nitrogens is 3. The molecule has 6 nitrogen and oxygen atoms in total. The first-order valence-corrected chi connectivity index (χ1v) is 11.2. The molecule has 7 heteroatoms. The van der Waals surface area contributed by atoms with Gasteiger partial charge in [0.1, 0.15) is 11.6 Å². The van der Waals surface area contributed by atoms with Gasteiger partial charge >= 0.3 is 0 Å². The van der Waals surface area contributed by atoms with Crippen molar-refractivity contribution in [2.24, 2.45) is 5.92 Å². The number of hydrogen-bond donors (Lipinski definition) is 1. The van der Waals surface area contributed by atoms with Crippen LogP contribution in [0.15, 0.2) is 12.3 Å². The fraction of sp³-hybridized carbons (Fsp3) is 0.619. The monoisotopic (exact) mass is 399 g/mol. The second-order valence-corrected chi connectivity index (χ2v) is 9.31. The molecule has 1 saturated carbocycles. The molecule has 1 aliphatic heterocycles. The number of nitrogens with zero attached hydrogens (tertiary/aromatic N) is 4. The summed E-state index contributed by atoms with van der Waals surface area (Å²) in [6.07, 6.45) is 10.9. The van der Waals surface area contributed by atoms with E-state index in [2.05, 4.69) is 25.2 Å². The SMILES string of the molecule is Cc1nc(Nc2ncc(C)s2)cc([C@H]2CCCN2C(=O)CC2CCCCC2)n1. The number of carbonyl (C=O) groups excluding carboxylic acids is 1. The molecule has 3 heterocycles. The molecule has 0 unspecified atom stereocenters. The van der Waals surface area contributed by atoms with Crippen LogP contribution in [0.1, 0.15) is 73.8 Å². The molecule has 1 aliphatic carbocycles. The predicted octanol–water partition coefficient (Wildman–Crippen LogP) is 4.93. The molecule has 2 aromatic heterocycles. The van der Waals surface area contributed by atoms with Crippen LogP contribution in [0.5, 0.6) is 0 Å². The molecule has 0 aromatic carbocycles. The lowest BCUT2D eigenvalue weighted by Gasteiger charge is -2.28. The van der Waals surface area contributed by atoms with Crippen LogP contribution in [0.2, 0.25) is 0 Å². The van der Waals surface area contributed by atoms with Gasteiger partial charge in [0, 0.05) is 30.1 Å². The number of rotatable bonds is 5. The van der Waals surface area contributed by atoms with Crippen LogP contribution in [0.25, 0.3) is 0 Å². The molecule has 0 bridgehead atoms. The van der Waals surface area contributed by atoms with Crippen molar-refractivity contribution < 1.29 is 4.79 Å². The molecule has 1 atom stereocenters. The summed E-state index contributed by atoms with van der Waals surface area (Å²) in [5.41, 5.74) is 0.942. The molecule has 2 aromatic rings. The highest BCUT2D eigenvalue weighted by atomic mass is 32.1. The van der Waals surface area contributed by atoms with Crippen molar-refractivity contribution in [3.63, 3.8) is 0 Å². The lowest BCUT2D eigenvalue weighted by Crippen LogP contribution is -2.32. The van der Waals surface area contributed by atoms with Crippen LogP contribution < -0.4 is 5.32 Å². The Morgan fingerprint density at radius 2 is 2.00 bits per heavy atom.